The number of hydrogen-bond acceptors (Lipinski definition) is 3. The molecule has 1 heterocycles. The summed E-state index contributed by atoms with van der Waals surface area (Å²) in [6, 6.07) is 12.3. The van der Waals surface area contributed by atoms with Gasteiger partial charge in [0, 0.05) is 22.3 Å². The molecule has 0 saturated heterocycles. The molecule has 0 bridgehead atoms. The predicted octanol–water partition coefficient (Wildman–Crippen LogP) is 3.95. The fourth-order valence-corrected chi connectivity index (χ4v) is 2.75. The van der Waals surface area contributed by atoms with Gasteiger partial charge >= 0.3 is 0 Å². The number of carbonyl (C=O) groups excluding carboxylic acids is 1. The molecule has 0 aliphatic heterocycles. The van der Waals surface area contributed by atoms with E-state index < -0.39 is 17.3 Å². The third kappa shape index (κ3) is 4.23. The van der Waals surface area contributed by atoms with Crippen LogP contribution in [0.5, 0.6) is 0 Å². The van der Waals surface area contributed by atoms with Crippen molar-refractivity contribution in [2.45, 2.75) is 20.4 Å². The molecule has 0 aliphatic carbocycles. The van der Waals surface area contributed by atoms with Crippen molar-refractivity contribution in [1.29, 1.82) is 0 Å². The molecule has 27 heavy (non-hydrogen) atoms. The minimum atomic E-state index is -0.541. The minimum Gasteiger partial charge on any atom is -0.321 e. The SMILES string of the molecule is Cc1ccc(NC(=O)c2ccc(=O)n(Cc3c(F)cccc3Cl)n2)cc1C. The fraction of sp³-hybridized carbons (Fsp3) is 0.150. The van der Waals surface area contributed by atoms with Gasteiger partial charge in [0.25, 0.3) is 11.5 Å². The molecular formula is C20H17ClFN3O2. The quantitative estimate of drug-likeness (QED) is 0.739. The maximum Gasteiger partial charge on any atom is 0.276 e. The van der Waals surface area contributed by atoms with Crippen LogP contribution in [0.15, 0.2) is 53.3 Å². The summed E-state index contributed by atoms with van der Waals surface area (Å²) >= 11 is 6.01. The van der Waals surface area contributed by atoms with E-state index in [1.54, 1.807) is 6.07 Å². The van der Waals surface area contributed by atoms with Crippen LogP contribution < -0.4 is 10.9 Å². The first-order valence-electron chi connectivity index (χ1n) is 8.25. The Morgan fingerprint density at radius 3 is 2.63 bits per heavy atom. The van der Waals surface area contributed by atoms with Gasteiger partial charge in [0.1, 0.15) is 11.5 Å². The van der Waals surface area contributed by atoms with Crippen LogP contribution in [0.3, 0.4) is 0 Å². The van der Waals surface area contributed by atoms with Crippen molar-refractivity contribution in [3.05, 3.63) is 92.1 Å². The lowest BCUT2D eigenvalue weighted by molar-refractivity contribution is 0.102. The molecule has 0 saturated carbocycles. The summed E-state index contributed by atoms with van der Waals surface area (Å²) in [4.78, 5) is 24.5. The molecule has 0 atom stereocenters. The van der Waals surface area contributed by atoms with E-state index in [2.05, 4.69) is 10.4 Å². The Bertz CT molecular complexity index is 1060. The molecule has 7 heteroatoms. The van der Waals surface area contributed by atoms with Gasteiger partial charge < -0.3 is 5.32 Å². The van der Waals surface area contributed by atoms with Gasteiger partial charge in [0.05, 0.1) is 6.54 Å². The summed E-state index contributed by atoms with van der Waals surface area (Å²) in [6.45, 7) is 3.75. The molecule has 1 N–H and O–H groups in total. The maximum absolute atomic E-state index is 14.0. The zero-order valence-electron chi connectivity index (χ0n) is 14.8. The van der Waals surface area contributed by atoms with Crippen LogP contribution in [0.4, 0.5) is 10.1 Å². The molecule has 138 valence electrons. The molecule has 0 fully saturated rings. The van der Waals surface area contributed by atoms with E-state index in [0.29, 0.717) is 5.69 Å². The number of benzene rings is 2. The predicted molar refractivity (Wildman–Crippen MR) is 103 cm³/mol. The largest absolute Gasteiger partial charge is 0.321 e. The molecule has 1 aromatic heterocycles. The van der Waals surface area contributed by atoms with Gasteiger partial charge in [0.2, 0.25) is 0 Å². The third-order valence-corrected chi connectivity index (χ3v) is 4.59. The Labute approximate surface area is 160 Å². The number of anilines is 1. The number of nitrogens with one attached hydrogen (secondary N) is 1. The Hall–Kier alpha value is -2.99. The van der Waals surface area contributed by atoms with Gasteiger partial charge in [-0.2, -0.15) is 5.10 Å². The highest BCUT2D eigenvalue weighted by atomic mass is 35.5. The average Bonchev–Trinajstić information content (AvgIpc) is 2.63. The van der Waals surface area contributed by atoms with Crippen molar-refractivity contribution in [3.8, 4) is 0 Å². The highest BCUT2D eigenvalue weighted by molar-refractivity contribution is 6.31. The molecular weight excluding hydrogens is 369 g/mol. The number of nitrogens with zero attached hydrogens (tertiary/aromatic N) is 2. The van der Waals surface area contributed by atoms with Crippen LogP contribution >= 0.6 is 11.6 Å². The number of aryl methyl sites for hydroxylation is 2. The van der Waals surface area contributed by atoms with Gasteiger partial charge in [-0.1, -0.05) is 23.7 Å². The van der Waals surface area contributed by atoms with E-state index in [1.807, 2.05) is 26.0 Å². The Morgan fingerprint density at radius 2 is 1.93 bits per heavy atom. The first-order valence-corrected chi connectivity index (χ1v) is 8.62. The van der Waals surface area contributed by atoms with Gasteiger partial charge in [0.15, 0.2) is 0 Å². The van der Waals surface area contributed by atoms with E-state index >= 15 is 0 Å². The van der Waals surface area contributed by atoms with Crippen LogP contribution in [0.2, 0.25) is 5.02 Å². The minimum absolute atomic E-state index is 0.0419. The number of halogens is 2. The van der Waals surface area contributed by atoms with Crippen molar-refractivity contribution in [1.82, 2.24) is 9.78 Å². The van der Waals surface area contributed by atoms with E-state index in [0.717, 1.165) is 15.8 Å². The highest BCUT2D eigenvalue weighted by Gasteiger charge is 2.13. The lowest BCUT2D eigenvalue weighted by Crippen LogP contribution is -2.27. The van der Waals surface area contributed by atoms with E-state index in [-0.39, 0.29) is 22.8 Å². The number of rotatable bonds is 4. The van der Waals surface area contributed by atoms with Crippen molar-refractivity contribution in [3.63, 3.8) is 0 Å². The average molecular weight is 386 g/mol. The second kappa shape index (κ2) is 7.72. The van der Waals surface area contributed by atoms with Crippen molar-refractivity contribution in [2.75, 3.05) is 5.32 Å². The summed E-state index contributed by atoms with van der Waals surface area (Å²) in [5.74, 6) is -1.01. The second-order valence-corrected chi connectivity index (χ2v) is 6.58. The normalized spacial score (nSPS) is 10.7. The zero-order chi connectivity index (χ0) is 19.6. The molecule has 3 rings (SSSR count). The summed E-state index contributed by atoms with van der Waals surface area (Å²) in [5, 5.41) is 6.98. The first kappa shape index (κ1) is 18.8. The highest BCUT2D eigenvalue weighted by Crippen LogP contribution is 2.19. The number of amides is 1. The molecule has 2 aromatic carbocycles. The third-order valence-electron chi connectivity index (χ3n) is 4.23. The van der Waals surface area contributed by atoms with Gasteiger partial charge in [-0.15, -0.1) is 0 Å². The van der Waals surface area contributed by atoms with E-state index in [4.69, 9.17) is 11.6 Å². The Kier molecular flexibility index (Phi) is 5.37. The number of aromatic nitrogens is 2. The lowest BCUT2D eigenvalue weighted by atomic mass is 10.1. The number of carbonyl (C=O) groups is 1. The van der Waals surface area contributed by atoms with Gasteiger partial charge in [-0.05, 0) is 55.3 Å². The Balaban J connectivity index is 1.87. The first-order chi connectivity index (χ1) is 12.8. The van der Waals surface area contributed by atoms with Crippen molar-refractivity contribution >= 4 is 23.2 Å². The van der Waals surface area contributed by atoms with Crippen LogP contribution in [0.1, 0.15) is 27.2 Å². The monoisotopic (exact) mass is 385 g/mol. The van der Waals surface area contributed by atoms with Crippen LogP contribution in [-0.2, 0) is 6.54 Å². The van der Waals surface area contributed by atoms with Crippen LogP contribution in [0.25, 0.3) is 0 Å². The molecule has 1 amide bonds. The molecule has 0 aliphatic rings. The van der Waals surface area contributed by atoms with Gasteiger partial charge in [-0.3, -0.25) is 9.59 Å². The maximum atomic E-state index is 14.0. The van der Waals surface area contributed by atoms with E-state index in [1.165, 1.54) is 30.3 Å². The lowest BCUT2D eigenvalue weighted by Gasteiger charge is -2.10. The smallest absolute Gasteiger partial charge is 0.276 e. The summed E-state index contributed by atoms with van der Waals surface area (Å²) in [5.41, 5.74) is 2.50. The van der Waals surface area contributed by atoms with Crippen LogP contribution in [-0.4, -0.2) is 15.7 Å². The van der Waals surface area contributed by atoms with Crippen LogP contribution in [0, 0.1) is 19.7 Å². The topological polar surface area (TPSA) is 64.0 Å². The molecule has 5 nitrogen and oxygen atoms in total. The Morgan fingerprint density at radius 1 is 1.15 bits per heavy atom. The zero-order valence-corrected chi connectivity index (χ0v) is 15.5. The fourth-order valence-electron chi connectivity index (χ4n) is 2.53. The van der Waals surface area contributed by atoms with Gasteiger partial charge in [-0.25, -0.2) is 9.07 Å². The standard InChI is InChI=1S/C20H17ClFN3O2/c1-12-6-7-14(10-13(12)2)23-20(27)18-8-9-19(26)25(24-18)11-15-16(21)4-3-5-17(15)22/h3-10H,11H2,1-2H3,(H,23,27). The number of hydrogen-bond donors (Lipinski definition) is 1. The van der Waals surface area contributed by atoms with Crippen molar-refractivity contribution in [2.24, 2.45) is 0 Å². The molecule has 0 radical (unpaired) electrons. The van der Waals surface area contributed by atoms with E-state index in [9.17, 15) is 14.0 Å². The molecule has 3 aromatic rings. The summed E-state index contributed by atoms with van der Waals surface area (Å²) < 4.78 is 15.0. The molecule has 0 unspecified atom stereocenters. The summed E-state index contributed by atoms with van der Waals surface area (Å²) in [7, 11) is 0. The summed E-state index contributed by atoms with van der Waals surface area (Å²) in [6.07, 6.45) is 0. The molecule has 0 spiro atoms. The van der Waals surface area contributed by atoms with Crippen molar-refractivity contribution < 1.29 is 9.18 Å². The second-order valence-electron chi connectivity index (χ2n) is 6.17.